The molecule has 24 heavy (non-hydrogen) atoms. The average Bonchev–Trinajstić information content (AvgIpc) is 3.06. The van der Waals surface area contributed by atoms with Gasteiger partial charge in [-0.2, -0.15) is 5.10 Å². The fourth-order valence-corrected chi connectivity index (χ4v) is 2.81. The zero-order chi connectivity index (χ0) is 16.4. The number of nitrogens with one attached hydrogen (secondary N) is 2. The van der Waals surface area contributed by atoms with Gasteiger partial charge in [0.05, 0.1) is 29.6 Å². The molecule has 1 saturated heterocycles. The average molecular weight is 325 g/mol. The van der Waals surface area contributed by atoms with Crippen LogP contribution in [0.2, 0.25) is 0 Å². The van der Waals surface area contributed by atoms with E-state index >= 15 is 0 Å². The first-order valence-corrected chi connectivity index (χ1v) is 7.97. The summed E-state index contributed by atoms with van der Waals surface area (Å²) in [4.78, 5) is 13.6. The lowest BCUT2D eigenvalue weighted by Gasteiger charge is -2.24. The van der Waals surface area contributed by atoms with Crippen LogP contribution in [0.25, 0.3) is 22.4 Å². The van der Waals surface area contributed by atoms with Gasteiger partial charge in [-0.1, -0.05) is 0 Å². The molecule has 4 heterocycles. The number of ether oxygens (including phenoxy) is 1. The molecule has 124 valence electrons. The van der Waals surface area contributed by atoms with Gasteiger partial charge in [0.1, 0.15) is 5.52 Å². The van der Waals surface area contributed by atoms with E-state index in [4.69, 9.17) is 9.72 Å². The summed E-state index contributed by atoms with van der Waals surface area (Å²) in [6, 6.07) is 3.87. The smallest absolute Gasteiger partial charge is 0.155 e. The van der Waals surface area contributed by atoms with Crippen LogP contribution in [0.1, 0.15) is 0 Å². The van der Waals surface area contributed by atoms with E-state index in [-0.39, 0.29) is 6.10 Å². The zero-order valence-corrected chi connectivity index (χ0v) is 13.4. The van der Waals surface area contributed by atoms with Gasteiger partial charge in [-0.15, -0.1) is 0 Å². The molecule has 0 spiro atoms. The van der Waals surface area contributed by atoms with E-state index in [0.29, 0.717) is 12.4 Å². The lowest BCUT2D eigenvalue weighted by atomic mass is 10.2. The molecular weight excluding hydrogens is 306 g/mol. The van der Waals surface area contributed by atoms with Crippen molar-refractivity contribution in [1.29, 1.82) is 0 Å². The summed E-state index contributed by atoms with van der Waals surface area (Å²) < 4.78 is 7.52. The predicted molar refractivity (Wildman–Crippen MR) is 90.6 cm³/mol. The summed E-state index contributed by atoms with van der Waals surface area (Å²) in [5.74, 6) is 0.714. The molecular formula is C16H19N7O. The van der Waals surface area contributed by atoms with E-state index in [9.17, 15) is 0 Å². The number of fused-ring (bicyclic) bond motifs is 1. The monoisotopic (exact) mass is 325 g/mol. The van der Waals surface area contributed by atoms with Crippen molar-refractivity contribution < 1.29 is 4.74 Å². The van der Waals surface area contributed by atoms with Crippen LogP contribution >= 0.6 is 0 Å². The van der Waals surface area contributed by atoms with Gasteiger partial charge in [-0.05, 0) is 12.1 Å². The minimum atomic E-state index is 0.118. The minimum absolute atomic E-state index is 0.118. The first-order chi connectivity index (χ1) is 11.8. The fraction of sp³-hybridized carbons (Fsp3) is 0.375. The van der Waals surface area contributed by atoms with Gasteiger partial charge < -0.3 is 15.4 Å². The Kier molecular flexibility index (Phi) is 4.06. The molecule has 8 nitrogen and oxygen atoms in total. The number of rotatable bonds is 4. The number of hydrogen-bond acceptors (Lipinski definition) is 7. The Morgan fingerprint density at radius 1 is 1.33 bits per heavy atom. The summed E-state index contributed by atoms with van der Waals surface area (Å²) in [5, 5.41) is 10.9. The predicted octanol–water partition coefficient (Wildman–Crippen LogP) is 0.826. The second kappa shape index (κ2) is 6.50. The molecule has 1 aliphatic rings. The molecule has 0 radical (unpaired) electrons. The van der Waals surface area contributed by atoms with Crippen molar-refractivity contribution in [1.82, 2.24) is 30.0 Å². The standard InChI is InChI=1S/C16H19N7O/c1-23-14(2-3-21-23)12-8-13-15(19-5-4-18-13)16(22-12)20-10-11-9-17-6-7-24-11/h2-5,8,11,17H,6-7,9-10H2,1H3,(H,20,22)/t11-/m0/s1. The first-order valence-electron chi connectivity index (χ1n) is 7.97. The number of nitrogens with zero attached hydrogens (tertiary/aromatic N) is 5. The summed E-state index contributed by atoms with van der Waals surface area (Å²) in [7, 11) is 1.90. The van der Waals surface area contributed by atoms with Gasteiger partial charge in [0, 0.05) is 45.3 Å². The largest absolute Gasteiger partial charge is 0.374 e. The summed E-state index contributed by atoms with van der Waals surface area (Å²) in [6.07, 6.45) is 5.24. The second-order valence-electron chi connectivity index (χ2n) is 5.70. The maximum atomic E-state index is 5.73. The van der Waals surface area contributed by atoms with Gasteiger partial charge >= 0.3 is 0 Å². The topological polar surface area (TPSA) is 89.8 Å². The Morgan fingerprint density at radius 2 is 2.25 bits per heavy atom. The van der Waals surface area contributed by atoms with Gasteiger partial charge in [0.25, 0.3) is 0 Å². The number of aromatic nitrogens is 5. The molecule has 2 N–H and O–H groups in total. The number of anilines is 1. The Morgan fingerprint density at radius 3 is 3.04 bits per heavy atom. The molecule has 1 aliphatic heterocycles. The Labute approximate surface area is 139 Å². The quantitative estimate of drug-likeness (QED) is 0.734. The van der Waals surface area contributed by atoms with Gasteiger partial charge in [-0.3, -0.25) is 9.67 Å². The van der Waals surface area contributed by atoms with E-state index in [1.54, 1.807) is 23.3 Å². The van der Waals surface area contributed by atoms with Crippen LogP contribution < -0.4 is 10.6 Å². The number of pyridine rings is 1. The van der Waals surface area contributed by atoms with Crippen molar-refractivity contribution in [2.75, 3.05) is 31.6 Å². The third-order valence-corrected chi connectivity index (χ3v) is 4.04. The van der Waals surface area contributed by atoms with E-state index in [0.717, 1.165) is 42.1 Å². The SMILES string of the molecule is Cn1nccc1-c1cc2nccnc2c(NC[C@@H]2CNCCO2)n1. The molecule has 8 heteroatoms. The highest BCUT2D eigenvalue weighted by Gasteiger charge is 2.16. The van der Waals surface area contributed by atoms with Crippen LogP contribution in [0.4, 0.5) is 5.82 Å². The molecule has 0 aromatic carbocycles. The summed E-state index contributed by atoms with van der Waals surface area (Å²) >= 11 is 0. The number of hydrogen-bond donors (Lipinski definition) is 2. The highest BCUT2D eigenvalue weighted by atomic mass is 16.5. The van der Waals surface area contributed by atoms with Crippen molar-refractivity contribution in [3.8, 4) is 11.4 Å². The fourth-order valence-electron chi connectivity index (χ4n) is 2.81. The molecule has 3 aromatic heterocycles. The van der Waals surface area contributed by atoms with Crippen molar-refractivity contribution >= 4 is 16.9 Å². The Hall–Kier alpha value is -2.58. The second-order valence-corrected chi connectivity index (χ2v) is 5.70. The molecule has 1 fully saturated rings. The van der Waals surface area contributed by atoms with Crippen molar-refractivity contribution in [3.05, 3.63) is 30.7 Å². The number of aryl methyl sites for hydroxylation is 1. The molecule has 0 unspecified atom stereocenters. The van der Waals surface area contributed by atoms with Gasteiger partial charge in [0.15, 0.2) is 5.82 Å². The lowest BCUT2D eigenvalue weighted by molar-refractivity contribution is 0.0372. The van der Waals surface area contributed by atoms with Crippen molar-refractivity contribution in [2.24, 2.45) is 7.05 Å². The molecule has 4 rings (SSSR count). The lowest BCUT2D eigenvalue weighted by Crippen LogP contribution is -2.42. The maximum absolute atomic E-state index is 5.73. The molecule has 0 amide bonds. The van der Waals surface area contributed by atoms with Crippen LogP contribution in [0, 0.1) is 0 Å². The summed E-state index contributed by atoms with van der Waals surface area (Å²) in [6.45, 7) is 3.13. The van der Waals surface area contributed by atoms with Crippen LogP contribution in [0.5, 0.6) is 0 Å². The molecule has 1 atom stereocenters. The van der Waals surface area contributed by atoms with Crippen LogP contribution in [0.3, 0.4) is 0 Å². The molecule has 0 saturated carbocycles. The zero-order valence-electron chi connectivity index (χ0n) is 13.4. The maximum Gasteiger partial charge on any atom is 0.155 e. The van der Waals surface area contributed by atoms with Gasteiger partial charge in [0.2, 0.25) is 0 Å². The van der Waals surface area contributed by atoms with Crippen molar-refractivity contribution in [3.63, 3.8) is 0 Å². The van der Waals surface area contributed by atoms with E-state index in [1.807, 2.05) is 19.2 Å². The summed E-state index contributed by atoms with van der Waals surface area (Å²) in [5.41, 5.74) is 3.30. The molecule has 0 bridgehead atoms. The van der Waals surface area contributed by atoms with Crippen LogP contribution in [-0.2, 0) is 11.8 Å². The third-order valence-electron chi connectivity index (χ3n) is 4.04. The number of morpholine rings is 1. The normalized spacial score (nSPS) is 18.0. The Bertz CT molecular complexity index is 841. The van der Waals surface area contributed by atoms with Crippen molar-refractivity contribution in [2.45, 2.75) is 6.10 Å². The van der Waals surface area contributed by atoms with Crippen LogP contribution in [-0.4, -0.2) is 57.1 Å². The highest BCUT2D eigenvalue weighted by molar-refractivity contribution is 5.88. The Balaban J connectivity index is 1.68. The molecule has 0 aliphatic carbocycles. The highest BCUT2D eigenvalue weighted by Crippen LogP contribution is 2.24. The third kappa shape index (κ3) is 2.93. The van der Waals surface area contributed by atoms with Gasteiger partial charge in [-0.25, -0.2) is 9.97 Å². The van der Waals surface area contributed by atoms with E-state index < -0.39 is 0 Å². The van der Waals surface area contributed by atoms with E-state index in [1.165, 1.54) is 0 Å². The molecule has 3 aromatic rings. The van der Waals surface area contributed by atoms with E-state index in [2.05, 4.69) is 25.7 Å². The van der Waals surface area contributed by atoms with Crippen LogP contribution in [0.15, 0.2) is 30.7 Å². The minimum Gasteiger partial charge on any atom is -0.374 e. The first kappa shape index (κ1) is 15.0.